The lowest BCUT2D eigenvalue weighted by atomic mass is 9.62. The van der Waals surface area contributed by atoms with Gasteiger partial charge in [0.05, 0.1) is 18.7 Å². The van der Waals surface area contributed by atoms with E-state index < -0.39 is 6.43 Å². The van der Waals surface area contributed by atoms with Crippen molar-refractivity contribution in [3.8, 4) is 16.9 Å². The van der Waals surface area contributed by atoms with Gasteiger partial charge in [-0.1, -0.05) is 12.1 Å². The third-order valence-corrected chi connectivity index (χ3v) is 11.4. The van der Waals surface area contributed by atoms with E-state index in [1.807, 2.05) is 35.2 Å². The molecule has 3 fully saturated rings. The normalized spacial score (nSPS) is 21.4. The second-order valence-electron chi connectivity index (χ2n) is 14.3. The van der Waals surface area contributed by atoms with Gasteiger partial charge in [0.1, 0.15) is 5.75 Å². The number of fused-ring (bicyclic) bond motifs is 2. The van der Waals surface area contributed by atoms with Crippen LogP contribution in [-0.2, 0) is 28.9 Å². The Hall–Kier alpha value is -3.50. The van der Waals surface area contributed by atoms with Crippen LogP contribution in [0, 0.1) is 5.41 Å². The number of halogens is 2. The van der Waals surface area contributed by atoms with E-state index in [2.05, 4.69) is 14.9 Å². The monoisotopic (exact) mass is 645 g/mol. The first-order valence-electron chi connectivity index (χ1n) is 17.5. The van der Waals surface area contributed by atoms with Gasteiger partial charge in [-0.2, -0.15) is 5.10 Å². The molecule has 0 unspecified atom stereocenters. The van der Waals surface area contributed by atoms with Crippen LogP contribution in [0.4, 0.5) is 20.3 Å². The van der Waals surface area contributed by atoms with Gasteiger partial charge in [-0.15, -0.1) is 0 Å². The number of benzene rings is 2. The Kier molecular flexibility index (Phi) is 8.20. The molecule has 0 atom stereocenters. The standard InChI is InChI=1S/C37H45F2N5O3/c1-24(45)42-16-8-33-32(23-42)36(41-44(33)27-9-17-46-18-10-27)43-15-2-3-26-19-30(31(35(38)39)20-34(26)43)25-4-6-28(7-5-25)47-29-21-37(22-29)11-13-40-14-12-37/h4-7,19-20,27,29,35,40H,2-3,8-18,21-23H2,1H3. The summed E-state index contributed by atoms with van der Waals surface area (Å²) in [4.78, 5) is 16.4. The number of aryl methyl sites for hydroxylation is 1. The van der Waals surface area contributed by atoms with E-state index in [0.717, 1.165) is 97.7 Å². The number of rotatable bonds is 6. The molecule has 8 nitrogen and oxygen atoms in total. The Bertz CT molecular complexity index is 1620. The Labute approximate surface area is 275 Å². The molecule has 5 aliphatic rings. The number of hydrogen-bond donors (Lipinski definition) is 1. The number of amides is 1. The summed E-state index contributed by atoms with van der Waals surface area (Å²) in [6, 6.07) is 11.6. The third kappa shape index (κ3) is 5.81. The Balaban J connectivity index is 1.09. The maximum atomic E-state index is 14.8. The van der Waals surface area contributed by atoms with E-state index in [0.29, 0.717) is 43.8 Å². The second-order valence-corrected chi connectivity index (χ2v) is 14.3. The minimum Gasteiger partial charge on any atom is -0.490 e. The van der Waals surface area contributed by atoms with E-state index in [9.17, 15) is 13.6 Å². The van der Waals surface area contributed by atoms with Gasteiger partial charge in [-0.05, 0) is 111 Å². The van der Waals surface area contributed by atoms with Crippen molar-refractivity contribution in [2.75, 3.05) is 44.3 Å². The number of alkyl halides is 2. The smallest absolute Gasteiger partial charge is 0.264 e. The molecule has 3 aromatic rings. The zero-order valence-electron chi connectivity index (χ0n) is 27.3. The number of carbonyl (C=O) groups excluding carboxylic acids is 1. The fraction of sp³-hybridized carbons (Fsp3) is 0.568. The Morgan fingerprint density at radius 1 is 1.06 bits per heavy atom. The number of piperidine rings is 1. The molecule has 1 aromatic heterocycles. The van der Waals surface area contributed by atoms with Crippen LogP contribution in [0.1, 0.15) is 86.7 Å². The first-order chi connectivity index (χ1) is 22.9. The lowest BCUT2D eigenvalue weighted by Crippen LogP contribution is -2.49. The van der Waals surface area contributed by atoms with Crippen molar-refractivity contribution in [3.63, 3.8) is 0 Å². The zero-order chi connectivity index (χ0) is 32.1. The average molecular weight is 646 g/mol. The molecule has 1 N–H and O–H groups in total. The molecule has 2 saturated heterocycles. The van der Waals surface area contributed by atoms with E-state index in [4.69, 9.17) is 14.6 Å². The predicted octanol–water partition coefficient (Wildman–Crippen LogP) is 6.74. The first kappa shape index (κ1) is 30.8. The number of nitrogens with zero attached hydrogens (tertiary/aromatic N) is 4. The van der Waals surface area contributed by atoms with Gasteiger partial charge in [0, 0.05) is 62.2 Å². The summed E-state index contributed by atoms with van der Waals surface area (Å²) in [5.41, 5.74) is 5.86. The first-order valence-corrected chi connectivity index (χ1v) is 17.5. The van der Waals surface area contributed by atoms with Crippen LogP contribution in [0.15, 0.2) is 36.4 Å². The molecule has 1 aliphatic carbocycles. The van der Waals surface area contributed by atoms with Crippen molar-refractivity contribution in [2.24, 2.45) is 5.41 Å². The molecule has 1 amide bonds. The minimum atomic E-state index is -2.63. The van der Waals surface area contributed by atoms with Gasteiger partial charge < -0.3 is 24.6 Å². The number of aromatic nitrogens is 2. The van der Waals surface area contributed by atoms with Crippen LogP contribution in [0.2, 0.25) is 0 Å². The van der Waals surface area contributed by atoms with Crippen molar-refractivity contribution >= 4 is 17.4 Å². The van der Waals surface area contributed by atoms with Crippen LogP contribution >= 0.6 is 0 Å². The summed E-state index contributed by atoms with van der Waals surface area (Å²) in [7, 11) is 0. The van der Waals surface area contributed by atoms with Gasteiger partial charge in [-0.25, -0.2) is 8.78 Å². The summed E-state index contributed by atoms with van der Waals surface area (Å²) >= 11 is 0. The van der Waals surface area contributed by atoms with Crippen molar-refractivity contribution in [2.45, 2.75) is 89.8 Å². The zero-order valence-corrected chi connectivity index (χ0v) is 27.3. The number of nitrogens with one attached hydrogen (secondary N) is 1. The molecule has 4 aliphatic heterocycles. The topological polar surface area (TPSA) is 71.9 Å². The van der Waals surface area contributed by atoms with Crippen molar-refractivity contribution < 1.29 is 23.0 Å². The van der Waals surface area contributed by atoms with Gasteiger partial charge in [0.25, 0.3) is 6.43 Å². The average Bonchev–Trinajstić information content (AvgIpc) is 3.46. The van der Waals surface area contributed by atoms with Crippen LogP contribution in [-0.4, -0.2) is 66.1 Å². The van der Waals surface area contributed by atoms with Crippen molar-refractivity contribution in [3.05, 3.63) is 58.8 Å². The second kappa shape index (κ2) is 12.5. The molecule has 5 heterocycles. The molecule has 8 rings (SSSR count). The number of hydrogen-bond acceptors (Lipinski definition) is 6. The van der Waals surface area contributed by atoms with Crippen LogP contribution in [0.25, 0.3) is 11.1 Å². The minimum absolute atomic E-state index is 0.0271. The molecule has 0 radical (unpaired) electrons. The highest BCUT2D eigenvalue weighted by Gasteiger charge is 2.45. The highest BCUT2D eigenvalue weighted by atomic mass is 19.3. The fourth-order valence-electron chi connectivity index (χ4n) is 8.71. The summed E-state index contributed by atoms with van der Waals surface area (Å²) in [6.45, 7) is 7.03. The number of anilines is 2. The molecule has 1 saturated carbocycles. The summed E-state index contributed by atoms with van der Waals surface area (Å²) < 4.78 is 43.8. The van der Waals surface area contributed by atoms with Crippen molar-refractivity contribution in [1.29, 1.82) is 0 Å². The molecular formula is C37H45F2N5O3. The van der Waals surface area contributed by atoms with Gasteiger partial charge in [-0.3, -0.25) is 9.48 Å². The predicted molar refractivity (Wildman–Crippen MR) is 176 cm³/mol. The van der Waals surface area contributed by atoms with Gasteiger partial charge >= 0.3 is 0 Å². The summed E-state index contributed by atoms with van der Waals surface area (Å²) in [6.07, 6.45) is 6.44. The lowest BCUT2D eigenvalue weighted by molar-refractivity contribution is -0.129. The quantitative estimate of drug-likeness (QED) is 0.320. The van der Waals surface area contributed by atoms with Gasteiger partial charge in [0.2, 0.25) is 5.91 Å². The van der Waals surface area contributed by atoms with E-state index >= 15 is 0 Å². The van der Waals surface area contributed by atoms with Crippen LogP contribution < -0.4 is 15.0 Å². The van der Waals surface area contributed by atoms with Crippen LogP contribution in [0.5, 0.6) is 5.75 Å². The maximum absolute atomic E-state index is 14.8. The summed E-state index contributed by atoms with van der Waals surface area (Å²) in [5, 5.41) is 8.65. The lowest BCUT2D eigenvalue weighted by Gasteiger charge is -2.49. The molecule has 250 valence electrons. The van der Waals surface area contributed by atoms with Gasteiger partial charge in [0.15, 0.2) is 5.82 Å². The molecule has 0 bridgehead atoms. The summed E-state index contributed by atoms with van der Waals surface area (Å²) in [5.74, 6) is 1.64. The molecule has 2 aromatic carbocycles. The molecular weight excluding hydrogens is 600 g/mol. The van der Waals surface area contributed by atoms with Crippen molar-refractivity contribution in [1.82, 2.24) is 20.0 Å². The fourth-order valence-corrected chi connectivity index (χ4v) is 8.71. The maximum Gasteiger partial charge on any atom is 0.264 e. The van der Waals surface area contributed by atoms with E-state index in [1.165, 1.54) is 12.8 Å². The highest BCUT2D eigenvalue weighted by molar-refractivity contribution is 5.78. The molecule has 1 spiro atoms. The Morgan fingerprint density at radius 2 is 1.83 bits per heavy atom. The Morgan fingerprint density at radius 3 is 2.55 bits per heavy atom. The largest absolute Gasteiger partial charge is 0.490 e. The highest BCUT2D eigenvalue weighted by Crippen LogP contribution is 2.49. The van der Waals surface area contributed by atoms with E-state index in [-0.39, 0.29) is 23.6 Å². The molecule has 47 heavy (non-hydrogen) atoms. The SMILES string of the molecule is CC(=O)N1CCc2c(c(N3CCCc4cc(-c5ccc(OC6CC7(CCNCC7)C6)cc5)c(C(F)F)cc43)nn2C2CCOCC2)C1. The van der Waals surface area contributed by atoms with E-state index in [1.54, 1.807) is 13.0 Å². The number of carbonyl (C=O) groups is 1. The third-order valence-electron chi connectivity index (χ3n) is 11.4. The molecule has 10 heteroatoms. The number of ether oxygens (including phenoxy) is 2. The van der Waals surface area contributed by atoms with Crippen LogP contribution in [0.3, 0.4) is 0 Å².